The standard InChI is InChI=1S/C13H15BrO6/c1-7(15)19-13(20-8(2)16)9-5-11(17-3)12(18-4)6-10(9)14/h5-6,13H,1-4H3. The molecule has 0 atom stereocenters. The van der Waals surface area contributed by atoms with Crippen LogP contribution in [0.15, 0.2) is 16.6 Å². The van der Waals surface area contributed by atoms with Gasteiger partial charge in [-0.1, -0.05) is 15.9 Å². The summed E-state index contributed by atoms with van der Waals surface area (Å²) in [6.07, 6.45) is -1.15. The Bertz CT molecular complexity index is 498. The lowest BCUT2D eigenvalue weighted by Gasteiger charge is -2.19. The first-order valence-electron chi connectivity index (χ1n) is 5.65. The molecule has 20 heavy (non-hydrogen) atoms. The van der Waals surface area contributed by atoms with Gasteiger partial charge in [0.1, 0.15) is 0 Å². The summed E-state index contributed by atoms with van der Waals surface area (Å²) in [5.41, 5.74) is 0.438. The fraction of sp³-hybridized carbons (Fsp3) is 0.385. The SMILES string of the molecule is COc1cc(Br)c(C(OC(C)=O)OC(C)=O)cc1OC. The number of methoxy groups -OCH3 is 2. The zero-order valence-corrected chi connectivity index (χ0v) is 13.1. The molecule has 1 aromatic carbocycles. The minimum Gasteiger partial charge on any atom is -0.493 e. The van der Waals surface area contributed by atoms with Gasteiger partial charge >= 0.3 is 11.9 Å². The highest BCUT2D eigenvalue weighted by Gasteiger charge is 2.23. The van der Waals surface area contributed by atoms with Crippen molar-refractivity contribution in [1.29, 1.82) is 0 Å². The quantitative estimate of drug-likeness (QED) is 0.602. The van der Waals surface area contributed by atoms with Crippen LogP contribution >= 0.6 is 15.9 Å². The Balaban J connectivity index is 3.24. The van der Waals surface area contributed by atoms with Crippen molar-refractivity contribution in [2.24, 2.45) is 0 Å². The van der Waals surface area contributed by atoms with Crippen molar-refractivity contribution in [2.75, 3.05) is 14.2 Å². The number of esters is 2. The molecule has 0 N–H and O–H groups in total. The highest BCUT2D eigenvalue weighted by Crippen LogP contribution is 2.37. The highest BCUT2D eigenvalue weighted by molar-refractivity contribution is 9.10. The van der Waals surface area contributed by atoms with Crippen LogP contribution in [0.5, 0.6) is 11.5 Å². The van der Waals surface area contributed by atoms with E-state index in [0.717, 1.165) is 0 Å². The molecule has 6 nitrogen and oxygen atoms in total. The van der Waals surface area contributed by atoms with Crippen LogP contribution in [0, 0.1) is 0 Å². The smallest absolute Gasteiger partial charge is 0.305 e. The Hall–Kier alpha value is -1.76. The lowest BCUT2D eigenvalue weighted by molar-refractivity contribution is -0.186. The van der Waals surface area contributed by atoms with Gasteiger partial charge in [-0.15, -0.1) is 0 Å². The van der Waals surface area contributed by atoms with Gasteiger partial charge in [0.25, 0.3) is 6.29 Å². The van der Waals surface area contributed by atoms with Crippen molar-refractivity contribution in [2.45, 2.75) is 20.1 Å². The molecule has 0 spiro atoms. The summed E-state index contributed by atoms with van der Waals surface area (Å²) in [5.74, 6) is -0.224. The average molecular weight is 347 g/mol. The van der Waals surface area contributed by atoms with Gasteiger partial charge in [0, 0.05) is 18.3 Å². The molecule has 1 aromatic rings. The van der Waals surface area contributed by atoms with E-state index in [1.807, 2.05) is 0 Å². The third kappa shape index (κ3) is 4.12. The van der Waals surface area contributed by atoms with E-state index in [0.29, 0.717) is 21.5 Å². The van der Waals surface area contributed by atoms with Crippen LogP contribution in [0.3, 0.4) is 0 Å². The summed E-state index contributed by atoms with van der Waals surface area (Å²) in [5, 5.41) is 0. The van der Waals surface area contributed by atoms with Gasteiger partial charge in [-0.3, -0.25) is 9.59 Å². The van der Waals surface area contributed by atoms with E-state index in [1.165, 1.54) is 28.1 Å². The van der Waals surface area contributed by atoms with Crippen LogP contribution in [0.2, 0.25) is 0 Å². The fourth-order valence-corrected chi connectivity index (χ4v) is 2.01. The summed E-state index contributed by atoms with van der Waals surface area (Å²) in [4.78, 5) is 22.2. The number of rotatable bonds is 5. The van der Waals surface area contributed by atoms with Crippen molar-refractivity contribution in [3.63, 3.8) is 0 Å². The van der Waals surface area contributed by atoms with Gasteiger partial charge in [-0.25, -0.2) is 0 Å². The van der Waals surface area contributed by atoms with Crippen LogP contribution in [0.4, 0.5) is 0 Å². The number of ether oxygens (including phenoxy) is 4. The first kappa shape index (κ1) is 16.3. The molecule has 0 amide bonds. The Morgan fingerprint density at radius 1 is 1.00 bits per heavy atom. The number of halogens is 1. The molecule has 0 aliphatic rings. The van der Waals surface area contributed by atoms with Crippen molar-refractivity contribution < 1.29 is 28.5 Å². The molecule has 0 heterocycles. The Labute approximate surface area is 125 Å². The third-order valence-electron chi connectivity index (χ3n) is 2.30. The van der Waals surface area contributed by atoms with E-state index in [-0.39, 0.29) is 0 Å². The van der Waals surface area contributed by atoms with E-state index in [4.69, 9.17) is 18.9 Å². The molecule has 1 rings (SSSR count). The predicted octanol–water partition coefficient (Wildman–Crippen LogP) is 2.59. The summed E-state index contributed by atoms with van der Waals surface area (Å²) in [6.45, 7) is 2.45. The monoisotopic (exact) mass is 346 g/mol. The number of carbonyl (C=O) groups excluding carboxylic acids is 2. The molecule has 0 unspecified atom stereocenters. The van der Waals surface area contributed by atoms with E-state index >= 15 is 0 Å². The topological polar surface area (TPSA) is 71.1 Å². The van der Waals surface area contributed by atoms with Gasteiger partial charge in [-0.2, -0.15) is 0 Å². The van der Waals surface area contributed by atoms with Crippen LogP contribution in [-0.2, 0) is 19.1 Å². The van der Waals surface area contributed by atoms with Gasteiger partial charge in [0.15, 0.2) is 11.5 Å². The molecular formula is C13H15BrO6. The predicted molar refractivity (Wildman–Crippen MR) is 73.5 cm³/mol. The molecule has 0 aliphatic heterocycles. The molecule has 0 radical (unpaired) electrons. The maximum atomic E-state index is 11.1. The van der Waals surface area contributed by atoms with E-state index < -0.39 is 18.2 Å². The second kappa shape index (κ2) is 7.14. The minimum absolute atomic E-state index is 0.426. The molecule has 0 saturated heterocycles. The van der Waals surface area contributed by atoms with Crippen molar-refractivity contribution in [3.8, 4) is 11.5 Å². The Morgan fingerprint density at radius 2 is 1.45 bits per heavy atom. The largest absolute Gasteiger partial charge is 0.493 e. The second-order valence-corrected chi connectivity index (χ2v) is 4.63. The maximum absolute atomic E-state index is 11.1. The first-order chi connectivity index (χ1) is 9.38. The van der Waals surface area contributed by atoms with Gasteiger partial charge in [0.05, 0.1) is 19.8 Å². The molecule has 7 heteroatoms. The minimum atomic E-state index is -1.15. The maximum Gasteiger partial charge on any atom is 0.305 e. The van der Waals surface area contributed by atoms with Crippen LogP contribution in [0.1, 0.15) is 25.7 Å². The highest BCUT2D eigenvalue weighted by atomic mass is 79.9. The lowest BCUT2D eigenvalue weighted by Crippen LogP contribution is -2.15. The molecule has 110 valence electrons. The van der Waals surface area contributed by atoms with Gasteiger partial charge < -0.3 is 18.9 Å². The van der Waals surface area contributed by atoms with Crippen molar-refractivity contribution >= 4 is 27.9 Å². The van der Waals surface area contributed by atoms with Gasteiger partial charge in [-0.05, 0) is 12.1 Å². The Morgan fingerprint density at radius 3 is 1.85 bits per heavy atom. The molecule has 0 aromatic heterocycles. The normalized spacial score (nSPS) is 10.1. The van der Waals surface area contributed by atoms with Crippen molar-refractivity contribution in [1.82, 2.24) is 0 Å². The fourth-order valence-electron chi connectivity index (χ4n) is 1.50. The zero-order chi connectivity index (χ0) is 15.3. The third-order valence-corrected chi connectivity index (χ3v) is 2.99. The first-order valence-corrected chi connectivity index (χ1v) is 6.44. The molecular weight excluding hydrogens is 332 g/mol. The number of benzene rings is 1. The van der Waals surface area contributed by atoms with E-state index in [9.17, 15) is 9.59 Å². The number of hydrogen-bond acceptors (Lipinski definition) is 6. The Kier molecular flexibility index (Phi) is 5.82. The average Bonchev–Trinajstić information content (AvgIpc) is 2.36. The van der Waals surface area contributed by atoms with Crippen LogP contribution in [0.25, 0.3) is 0 Å². The molecule has 0 saturated carbocycles. The number of hydrogen-bond donors (Lipinski definition) is 0. The summed E-state index contributed by atoms with van der Waals surface area (Å²) in [6, 6.07) is 3.20. The molecule has 0 fully saturated rings. The van der Waals surface area contributed by atoms with Crippen LogP contribution in [-0.4, -0.2) is 26.2 Å². The number of carbonyl (C=O) groups is 2. The molecule has 0 bridgehead atoms. The summed E-state index contributed by atoms with van der Waals surface area (Å²) in [7, 11) is 2.97. The van der Waals surface area contributed by atoms with E-state index in [2.05, 4.69) is 15.9 Å². The molecule has 0 aliphatic carbocycles. The lowest BCUT2D eigenvalue weighted by atomic mass is 10.2. The van der Waals surface area contributed by atoms with Crippen LogP contribution < -0.4 is 9.47 Å². The zero-order valence-electron chi connectivity index (χ0n) is 11.6. The second-order valence-electron chi connectivity index (χ2n) is 3.78. The summed E-state index contributed by atoms with van der Waals surface area (Å²) < 4.78 is 20.9. The van der Waals surface area contributed by atoms with Gasteiger partial charge in [0.2, 0.25) is 0 Å². The van der Waals surface area contributed by atoms with E-state index in [1.54, 1.807) is 12.1 Å². The van der Waals surface area contributed by atoms with Crippen molar-refractivity contribution in [3.05, 3.63) is 22.2 Å². The summed E-state index contributed by atoms with van der Waals surface area (Å²) >= 11 is 3.31.